The van der Waals surface area contributed by atoms with Gasteiger partial charge in [0.25, 0.3) is 5.56 Å². The maximum absolute atomic E-state index is 12.5. The number of benzene rings is 1. The minimum atomic E-state index is -0.471. The molecule has 1 unspecified atom stereocenters. The van der Waals surface area contributed by atoms with Gasteiger partial charge >= 0.3 is 0 Å². The van der Waals surface area contributed by atoms with E-state index in [1.807, 2.05) is 25.1 Å². The van der Waals surface area contributed by atoms with Gasteiger partial charge in [-0.15, -0.1) is 0 Å². The molecule has 0 fully saturated rings. The van der Waals surface area contributed by atoms with Crippen molar-refractivity contribution in [2.75, 3.05) is 7.05 Å². The number of pyridine rings is 1. The fourth-order valence-electron chi connectivity index (χ4n) is 2.15. The van der Waals surface area contributed by atoms with Crippen molar-refractivity contribution in [3.05, 3.63) is 45.3 Å². The van der Waals surface area contributed by atoms with E-state index in [9.17, 15) is 9.59 Å². The lowest BCUT2D eigenvalue weighted by Gasteiger charge is -2.17. The van der Waals surface area contributed by atoms with E-state index in [2.05, 4.69) is 21.2 Å². The van der Waals surface area contributed by atoms with Crippen molar-refractivity contribution >= 4 is 32.6 Å². The molecule has 1 amide bonds. The van der Waals surface area contributed by atoms with Gasteiger partial charge in [-0.3, -0.25) is 9.59 Å². The SMILES string of the molecule is CCC(C(=O)NC)n1ccc2ccc(Br)cc2c1=O. The van der Waals surface area contributed by atoms with E-state index in [0.717, 1.165) is 9.86 Å². The van der Waals surface area contributed by atoms with Gasteiger partial charge in [-0.1, -0.05) is 28.9 Å². The molecule has 1 aromatic heterocycles. The van der Waals surface area contributed by atoms with E-state index >= 15 is 0 Å². The Kier molecular flexibility index (Phi) is 4.04. The van der Waals surface area contributed by atoms with Crippen LogP contribution >= 0.6 is 15.9 Å². The quantitative estimate of drug-likeness (QED) is 0.943. The molecule has 0 aliphatic rings. The summed E-state index contributed by atoms with van der Waals surface area (Å²) in [5.41, 5.74) is -0.144. The Bertz CT molecular complexity index is 679. The fraction of sp³-hybridized carbons (Fsp3) is 0.286. The average Bonchev–Trinajstić information content (AvgIpc) is 2.42. The molecule has 100 valence electrons. The number of halogens is 1. The standard InChI is InChI=1S/C14H15BrN2O2/c1-3-12(13(18)16-2)17-7-6-9-4-5-10(15)8-11(9)14(17)19/h4-8,12H,3H2,1-2H3,(H,16,18). The summed E-state index contributed by atoms with van der Waals surface area (Å²) in [6, 6.07) is 6.94. The molecule has 1 N–H and O–H groups in total. The van der Waals surface area contributed by atoms with Gasteiger partial charge in [0, 0.05) is 23.1 Å². The zero-order chi connectivity index (χ0) is 14.0. The molecule has 0 aliphatic carbocycles. The van der Waals surface area contributed by atoms with E-state index in [1.54, 1.807) is 19.3 Å². The molecule has 2 aromatic rings. The molecule has 0 bridgehead atoms. The molecule has 0 saturated carbocycles. The van der Waals surface area contributed by atoms with Crippen LogP contribution in [0.1, 0.15) is 19.4 Å². The number of hydrogen-bond donors (Lipinski definition) is 1. The van der Waals surface area contributed by atoms with Gasteiger partial charge in [0.05, 0.1) is 0 Å². The van der Waals surface area contributed by atoms with Crippen LogP contribution in [-0.2, 0) is 4.79 Å². The Balaban J connectivity index is 2.65. The topological polar surface area (TPSA) is 51.1 Å². The van der Waals surface area contributed by atoms with E-state index in [1.165, 1.54) is 4.57 Å². The van der Waals surface area contributed by atoms with Crippen LogP contribution in [-0.4, -0.2) is 17.5 Å². The van der Waals surface area contributed by atoms with Crippen LogP contribution in [0.3, 0.4) is 0 Å². The molecule has 1 aromatic carbocycles. The van der Waals surface area contributed by atoms with Crippen LogP contribution < -0.4 is 10.9 Å². The first-order valence-electron chi connectivity index (χ1n) is 6.10. The Morgan fingerprint density at radius 2 is 2.16 bits per heavy atom. The number of fused-ring (bicyclic) bond motifs is 1. The van der Waals surface area contributed by atoms with Gasteiger partial charge < -0.3 is 9.88 Å². The van der Waals surface area contributed by atoms with E-state index < -0.39 is 6.04 Å². The highest BCUT2D eigenvalue weighted by molar-refractivity contribution is 9.10. The van der Waals surface area contributed by atoms with Crippen molar-refractivity contribution < 1.29 is 4.79 Å². The Labute approximate surface area is 119 Å². The molecule has 0 aliphatic heterocycles. The van der Waals surface area contributed by atoms with Crippen LogP contribution in [0.5, 0.6) is 0 Å². The summed E-state index contributed by atoms with van der Waals surface area (Å²) in [5.74, 6) is -0.154. The van der Waals surface area contributed by atoms with Crippen molar-refractivity contribution in [2.45, 2.75) is 19.4 Å². The van der Waals surface area contributed by atoms with Crippen LogP contribution in [0.2, 0.25) is 0 Å². The molecule has 19 heavy (non-hydrogen) atoms. The minimum absolute atomic E-state index is 0.144. The van der Waals surface area contributed by atoms with Gasteiger partial charge in [0.1, 0.15) is 6.04 Å². The Hall–Kier alpha value is -1.62. The fourth-order valence-corrected chi connectivity index (χ4v) is 2.51. The predicted octanol–water partition coefficient (Wildman–Crippen LogP) is 2.46. The summed E-state index contributed by atoms with van der Waals surface area (Å²) >= 11 is 3.36. The van der Waals surface area contributed by atoms with E-state index in [0.29, 0.717) is 11.8 Å². The zero-order valence-corrected chi connectivity index (χ0v) is 12.4. The third-order valence-electron chi connectivity index (χ3n) is 3.17. The third-order valence-corrected chi connectivity index (χ3v) is 3.66. The highest BCUT2D eigenvalue weighted by atomic mass is 79.9. The molecular formula is C14H15BrN2O2. The third kappa shape index (κ3) is 2.56. The summed E-state index contributed by atoms with van der Waals surface area (Å²) in [6.45, 7) is 1.89. The second-order valence-electron chi connectivity index (χ2n) is 4.30. The maximum Gasteiger partial charge on any atom is 0.259 e. The number of nitrogens with one attached hydrogen (secondary N) is 1. The highest BCUT2D eigenvalue weighted by Crippen LogP contribution is 2.18. The van der Waals surface area contributed by atoms with Gasteiger partial charge in [-0.2, -0.15) is 0 Å². The van der Waals surface area contributed by atoms with Crippen LogP contribution in [0.15, 0.2) is 39.7 Å². The van der Waals surface area contributed by atoms with Gasteiger partial charge in [-0.05, 0) is 30.0 Å². The summed E-state index contributed by atoms with van der Waals surface area (Å²) in [6.07, 6.45) is 2.25. The number of aromatic nitrogens is 1. The van der Waals surface area contributed by atoms with Crippen LogP contribution in [0.4, 0.5) is 0 Å². The number of hydrogen-bond acceptors (Lipinski definition) is 2. The summed E-state index contributed by atoms with van der Waals surface area (Å²) in [4.78, 5) is 24.3. The average molecular weight is 323 g/mol. The molecule has 0 radical (unpaired) electrons. The van der Waals surface area contributed by atoms with Crippen molar-refractivity contribution in [2.24, 2.45) is 0 Å². The number of rotatable bonds is 3. The monoisotopic (exact) mass is 322 g/mol. The number of nitrogens with zero attached hydrogens (tertiary/aromatic N) is 1. The molecule has 0 spiro atoms. The van der Waals surface area contributed by atoms with Crippen molar-refractivity contribution in [3.8, 4) is 0 Å². The second-order valence-corrected chi connectivity index (χ2v) is 5.21. The van der Waals surface area contributed by atoms with Crippen molar-refractivity contribution in [1.82, 2.24) is 9.88 Å². The lowest BCUT2D eigenvalue weighted by Crippen LogP contribution is -2.35. The smallest absolute Gasteiger partial charge is 0.259 e. The van der Waals surface area contributed by atoms with Gasteiger partial charge in [-0.25, -0.2) is 0 Å². The number of carbonyl (C=O) groups excluding carboxylic acids is 1. The largest absolute Gasteiger partial charge is 0.357 e. The number of likely N-dealkylation sites (N-methyl/N-ethyl adjacent to an activating group) is 1. The maximum atomic E-state index is 12.5. The van der Waals surface area contributed by atoms with Crippen molar-refractivity contribution in [1.29, 1.82) is 0 Å². The second kappa shape index (κ2) is 5.57. The highest BCUT2D eigenvalue weighted by Gasteiger charge is 2.18. The first-order valence-corrected chi connectivity index (χ1v) is 6.89. The first kappa shape index (κ1) is 13.8. The number of amides is 1. The minimum Gasteiger partial charge on any atom is -0.357 e. The Morgan fingerprint density at radius 1 is 1.42 bits per heavy atom. The zero-order valence-electron chi connectivity index (χ0n) is 10.8. The van der Waals surface area contributed by atoms with E-state index in [-0.39, 0.29) is 11.5 Å². The molecule has 5 heteroatoms. The van der Waals surface area contributed by atoms with Gasteiger partial charge in [0.15, 0.2) is 0 Å². The normalized spacial score (nSPS) is 12.4. The molecule has 0 saturated heterocycles. The summed E-state index contributed by atoms with van der Waals surface area (Å²) in [5, 5.41) is 4.08. The lowest BCUT2D eigenvalue weighted by molar-refractivity contribution is -0.124. The van der Waals surface area contributed by atoms with Gasteiger partial charge in [0.2, 0.25) is 5.91 Å². The Morgan fingerprint density at radius 3 is 2.79 bits per heavy atom. The van der Waals surface area contributed by atoms with Crippen LogP contribution in [0, 0.1) is 0 Å². The van der Waals surface area contributed by atoms with Crippen molar-refractivity contribution in [3.63, 3.8) is 0 Å². The molecule has 1 atom stereocenters. The molecular weight excluding hydrogens is 308 g/mol. The molecule has 2 rings (SSSR count). The summed E-state index contributed by atoms with van der Waals surface area (Å²) in [7, 11) is 1.58. The molecule has 4 nitrogen and oxygen atoms in total. The van der Waals surface area contributed by atoms with Crippen LogP contribution in [0.25, 0.3) is 10.8 Å². The lowest BCUT2D eigenvalue weighted by atomic mass is 10.1. The number of carbonyl (C=O) groups is 1. The first-order chi connectivity index (χ1) is 9.08. The molecule has 1 heterocycles. The summed E-state index contributed by atoms with van der Waals surface area (Å²) < 4.78 is 2.34. The predicted molar refractivity (Wildman–Crippen MR) is 79.3 cm³/mol. The van der Waals surface area contributed by atoms with E-state index in [4.69, 9.17) is 0 Å².